The quantitative estimate of drug-likeness (QED) is 0.847. The first-order chi connectivity index (χ1) is 6.95. The fraction of sp³-hybridized carbons (Fsp3) is 0.625. The van der Waals surface area contributed by atoms with Crippen molar-refractivity contribution in [1.82, 2.24) is 4.98 Å². The van der Waals surface area contributed by atoms with Crippen LogP contribution < -0.4 is 0 Å². The number of alkyl halides is 3. The molecule has 0 fully saturated rings. The summed E-state index contributed by atoms with van der Waals surface area (Å²) in [6.07, 6.45) is -3.84. The van der Waals surface area contributed by atoms with Gasteiger partial charge in [0.15, 0.2) is 5.01 Å². The second-order valence-electron chi connectivity index (χ2n) is 2.95. The summed E-state index contributed by atoms with van der Waals surface area (Å²) in [6, 6.07) is 0. The third-order valence-corrected chi connectivity index (χ3v) is 2.87. The zero-order chi connectivity index (χ0) is 11.5. The number of aliphatic hydroxyl groups is 2. The molecule has 1 unspecified atom stereocenters. The highest BCUT2D eigenvalue weighted by atomic mass is 32.1. The van der Waals surface area contributed by atoms with Gasteiger partial charge in [-0.05, 0) is 12.8 Å². The first-order valence-corrected chi connectivity index (χ1v) is 5.08. The molecular formula is C8H10F3NO2S. The Kier molecular flexibility index (Phi) is 4.06. The lowest BCUT2D eigenvalue weighted by atomic mass is 10.2. The van der Waals surface area contributed by atoms with Crippen molar-refractivity contribution in [3.8, 4) is 0 Å². The largest absolute Gasteiger partial charge is 0.443 e. The van der Waals surface area contributed by atoms with Crippen LogP contribution >= 0.6 is 11.3 Å². The van der Waals surface area contributed by atoms with Crippen molar-refractivity contribution in [1.29, 1.82) is 0 Å². The highest BCUT2D eigenvalue weighted by Crippen LogP contribution is 2.35. The Balaban J connectivity index is 2.67. The molecule has 0 spiro atoms. The van der Waals surface area contributed by atoms with Crippen molar-refractivity contribution in [2.75, 3.05) is 6.61 Å². The molecule has 0 bridgehead atoms. The lowest BCUT2D eigenvalue weighted by Gasteiger charge is -2.05. The Bertz CT molecular complexity index is 313. The topological polar surface area (TPSA) is 53.4 Å². The van der Waals surface area contributed by atoms with E-state index in [1.165, 1.54) is 0 Å². The second kappa shape index (κ2) is 4.91. The van der Waals surface area contributed by atoms with Gasteiger partial charge < -0.3 is 10.2 Å². The summed E-state index contributed by atoms with van der Waals surface area (Å²) in [7, 11) is 0. The number of hydrogen-bond acceptors (Lipinski definition) is 4. The van der Waals surface area contributed by atoms with E-state index in [-0.39, 0.29) is 17.9 Å². The summed E-state index contributed by atoms with van der Waals surface area (Å²) in [5.74, 6) is 0. The number of aliphatic hydroxyl groups excluding tert-OH is 2. The highest BCUT2D eigenvalue weighted by Gasteiger charge is 2.35. The van der Waals surface area contributed by atoms with Crippen LogP contribution in [0.2, 0.25) is 0 Å². The first-order valence-electron chi connectivity index (χ1n) is 4.27. The van der Waals surface area contributed by atoms with Crippen molar-refractivity contribution in [3.05, 3.63) is 16.1 Å². The molecule has 0 amide bonds. The van der Waals surface area contributed by atoms with Gasteiger partial charge in [0.05, 0.1) is 11.0 Å². The van der Waals surface area contributed by atoms with Crippen LogP contribution in [0.1, 0.15) is 28.8 Å². The minimum Gasteiger partial charge on any atom is -0.396 e. The van der Waals surface area contributed by atoms with Crippen LogP contribution in [0.4, 0.5) is 13.2 Å². The standard InChI is InChI=1S/C8H10F3NO2S/c9-8(10,11)7-12-4-6(15-7)5(14)2-1-3-13/h4-5,13-14H,1-3H2. The Morgan fingerprint density at radius 3 is 2.60 bits per heavy atom. The summed E-state index contributed by atoms with van der Waals surface area (Å²) in [4.78, 5) is 3.36. The first kappa shape index (κ1) is 12.4. The molecule has 0 aliphatic heterocycles. The number of rotatable bonds is 4. The minimum absolute atomic E-state index is 0.0952. The maximum atomic E-state index is 12.1. The number of thiazole rings is 1. The van der Waals surface area contributed by atoms with Gasteiger partial charge in [-0.3, -0.25) is 0 Å². The average Bonchev–Trinajstić information content (AvgIpc) is 2.62. The van der Waals surface area contributed by atoms with E-state index in [2.05, 4.69) is 4.98 Å². The number of nitrogens with zero attached hydrogens (tertiary/aromatic N) is 1. The van der Waals surface area contributed by atoms with Gasteiger partial charge in [-0.1, -0.05) is 0 Å². The van der Waals surface area contributed by atoms with Crippen molar-refractivity contribution >= 4 is 11.3 Å². The Morgan fingerprint density at radius 2 is 2.13 bits per heavy atom. The predicted molar refractivity (Wildman–Crippen MR) is 48.4 cm³/mol. The summed E-state index contributed by atoms with van der Waals surface area (Å²) in [5.41, 5.74) is 0. The summed E-state index contributed by atoms with van der Waals surface area (Å²) in [6.45, 7) is -0.0952. The van der Waals surface area contributed by atoms with Gasteiger partial charge in [-0.25, -0.2) is 4.98 Å². The van der Waals surface area contributed by atoms with Crippen LogP contribution in [0.15, 0.2) is 6.20 Å². The number of hydrogen-bond donors (Lipinski definition) is 2. The zero-order valence-corrected chi connectivity index (χ0v) is 8.48. The molecule has 2 N–H and O–H groups in total. The minimum atomic E-state index is -4.46. The van der Waals surface area contributed by atoms with E-state index >= 15 is 0 Å². The van der Waals surface area contributed by atoms with Crippen LogP contribution in [0, 0.1) is 0 Å². The third-order valence-electron chi connectivity index (χ3n) is 1.73. The molecule has 1 rings (SSSR count). The molecule has 15 heavy (non-hydrogen) atoms. The molecule has 0 radical (unpaired) electrons. The van der Waals surface area contributed by atoms with E-state index in [0.29, 0.717) is 17.8 Å². The average molecular weight is 241 g/mol. The maximum absolute atomic E-state index is 12.1. The van der Waals surface area contributed by atoms with E-state index in [9.17, 15) is 18.3 Å². The molecule has 0 saturated heterocycles. The smallest absolute Gasteiger partial charge is 0.396 e. The van der Waals surface area contributed by atoms with E-state index in [1.54, 1.807) is 0 Å². The van der Waals surface area contributed by atoms with Crippen LogP contribution in [-0.4, -0.2) is 21.8 Å². The molecule has 1 aromatic heterocycles. The molecule has 7 heteroatoms. The van der Waals surface area contributed by atoms with Crippen molar-refractivity contribution in [2.45, 2.75) is 25.1 Å². The number of aromatic nitrogens is 1. The van der Waals surface area contributed by atoms with Crippen LogP contribution in [0.3, 0.4) is 0 Å². The molecule has 0 saturated carbocycles. The van der Waals surface area contributed by atoms with Gasteiger partial charge >= 0.3 is 6.18 Å². The van der Waals surface area contributed by atoms with Crippen LogP contribution in [-0.2, 0) is 6.18 Å². The molecular weight excluding hydrogens is 231 g/mol. The lowest BCUT2D eigenvalue weighted by Crippen LogP contribution is -2.03. The summed E-state index contributed by atoms with van der Waals surface area (Å²) in [5, 5.41) is 17.0. The van der Waals surface area contributed by atoms with Gasteiger partial charge in [0, 0.05) is 12.8 Å². The molecule has 0 aromatic carbocycles. The molecule has 0 aliphatic rings. The fourth-order valence-electron chi connectivity index (χ4n) is 0.999. The predicted octanol–water partition coefficient (Wildman–Crippen LogP) is 1.97. The Hall–Kier alpha value is -0.660. The molecule has 3 nitrogen and oxygen atoms in total. The summed E-state index contributed by atoms with van der Waals surface area (Å²) < 4.78 is 36.4. The summed E-state index contributed by atoms with van der Waals surface area (Å²) >= 11 is 0.431. The number of halogens is 3. The monoisotopic (exact) mass is 241 g/mol. The van der Waals surface area contributed by atoms with Crippen LogP contribution in [0.5, 0.6) is 0 Å². The molecule has 0 aliphatic carbocycles. The van der Waals surface area contributed by atoms with E-state index in [0.717, 1.165) is 6.20 Å². The van der Waals surface area contributed by atoms with Gasteiger partial charge in [0.25, 0.3) is 0 Å². The second-order valence-corrected chi connectivity index (χ2v) is 4.01. The van der Waals surface area contributed by atoms with Crippen molar-refractivity contribution in [3.63, 3.8) is 0 Å². The van der Waals surface area contributed by atoms with E-state index in [4.69, 9.17) is 5.11 Å². The van der Waals surface area contributed by atoms with E-state index < -0.39 is 17.3 Å². The normalized spacial score (nSPS) is 14.2. The van der Waals surface area contributed by atoms with Gasteiger partial charge in [-0.15, -0.1) is 11.3 Å². The molecule has 1 atom stereocenters. The molecule has 86 valence electrons. The SMILES string of the molecule is OCCCC(O)c1cnc(C(F)(F)F)s1. The Morgan fingerprint density at radius 1 is 1.47 bits per heavy atom. The molecule has 1 heterocycles. The van der Waals surface area contributed by atoms with E-state index in [1.807, 2.05) is 0 Å². The fourth-order valence-corrected chi connectivity index (χ4v) is 1.80. The van der Waals surface area contributed by atoms with Gasteiger partial charge in [-0.2, -0.15) is 13.2 Å². The third kappa shape index (κ3) is 3.44. The highest BCUT2D eigenvalue weighted by molar-refractivity contribution is 7.11. The van der Waals surface area contributed by atoms with Crippen molar-refractivity contribution < 1.29 is 23.4 Å². The van der Waals surface area contributed by atoms with Gasteiger partial charge in [0.2, 0.25) is 0 Å². The molecule has 1 aromatic rings. The van der Waals surface area contributed by atoms with Crippen molar-refractivity contribution in [2.24, 2.45) is 0 Å². The van der Waals surface area contributed by atoms with Crippen LogP contribution in [0.25, 0.3) is 0 Å². The maximum Gasteiger partial charge on any atom is 0.443 e. The van der Waals surface area contributed by atoms with Gasteiger partial charge in [0.1, 0.15) is 0 Å². The zero-order valence-electron chi connectivity index (χ0n) is 7.66. The Labute approximate surface area is 88.2 Å². The lowest BCUT2D eigenvalue weighted by molar-refractivity contribution is -0.137.